The van der Waals surface area contributed by atoms with Crippen LogP contribution in [0.25, 0.3) is 22.3 Å². The summed E-state index contributed by atoms with van der Waals surface area (Å²) in [6, 6.07) is 22.3. The molecule has 3 aromatic rings. The largest absolute Gasteiger partial charge is 0.478 e. The zero-order valence-electron chi connectivity index (χ0n) is 23.9. The number of phosphoric acid groups is 2. The molecular formula is C29H40O11P2. The van der Waals surface area contributed by atoms with Gasteiger partial charge in [-0.3, -0.25) is 0 Å². The smallest absolute Gasteiger partial charge is 0.395 e. The molecule has 0 saturated heterocycles. The maximum Gasteiger partial charge on any atom is 0.478 e. The highest BCUT2D eigenvalue weighted by molar-refractivity contribution is 7.60. The Bertz CT molecular complexity index is 1380. The van der Waals surface area contributed by atoms with Gasteiger partial charge < -0.3 is 40.0 Å². The molecule has 0 radical (unpaired) electrons. The van der Waals surface area contributed by atoms with Crippen molar-refractivity contribution in [3.05, 3.63) is 83.4 Å². The molecule has 3 rings (SSSR count). The average molecular weight is 627 g/mol. The summed E-state index contributed by atoms with van der Waals surface area (Å²) in [4.78, 5) is 31.0. The Balaban J connectivity index is 0.000000592. The minimum absolute atomic E-state index is 0.260. The van der Waals surface area contributed by atoms with Gasteiger partial charge in [0.25, 0.3) is 0 Å². The molecule has 0 bridgehead atoms. The molecule has 8 N–H and O–H groups in total. The van der Waals surface area contributed by atoms with E-state index >= 15 is 0 Å². The first-order valence-electron chi connectivity index (χ1n) is 13.2. The van der Waals surface area contributed by atoms with Crippen molar-refractivity contribution in [2.75, 3.05) is 19.8 Å². The molecule has 0 aliphatic rings. The van der Waals surface area contributed by atoms with Crippen LogP contribution in [-0.4, -0.2) is 59.8 Å². The van der Waals surface area contributed by atoms with E-state index in [0.717, 1.165) is 27.8 Å². The van der Waals surface area contributed by atoms with Gasteiger partial charge in [0.1, 0.15) is 0 Å². The first kappa shape index (κ1) is 36.0. The summed E-state index contributed by atoms with van der Waals surface area (Å²) < 4.78 is 22.2. The van der Waals surface area contributed by atoms with Gasteiger partial charge in [0.05, 0.1) is 31.3 Å². The van der Waals surface area contributed by atoms with Gasteiger partial charge in [-0.1, -0.05) is 88.4 Å². The quantitative estimate of drug-likeness (QED) is 0.140. The lowest BCUT2D eigenvalue weighted by molar-refractivity contribution is -0.0849. The molecular weight excluding hydrogens is 586 g/mol. The fraction of sp³-hybridized carbons (Fsp3) is 0.379. The van der Waals surface area contributed by atoms with Gasteiger partial charge in [-0.25, -0.2) is 9.13 Å². The van der Waals surface area contributed by atoms with Gasteiger partial charge in [-0.2, -0.15) is 4.31 Å². The van der Waals surface area contributed by atoms with Crippen molar-refractivity contribution < 1.29 is 53.4 Å². The molecule has 0 aromatic heterocycles. The number of rotatable bonds is 11. The van der Waals surface area contributed by atoms with Crippen LogP contribution in [0.2, 0.25) is 0 Å². The highest BCUT2D eigenvalue weighted by Crippen LogP contribution is 2.53. The van der Waals surface area contributed by atoms with Crippen molar-refractivity contribution in [3.63, 3.8) is 0 Å². The summed E-state index contributed by atoms with van der Waals surface area (Å²) in [5.74, 6) is 0.611. The van der Waals surface area contributed by atoms with E-state index in [-0.39, 0.29) is 5.92 Å². The molecule has 13 heteroatoms. The first-order valence-corrected chi connectivity index (χ1v) is 16.2. The molecule has 0 amide bonds. The number of aliphatic hydroxyl groups excluding tert-OH is 4. The van der Waals surface area contributed by atoms with Crippen molar-refractivity contribution in [1.82, 2.24) is 0 Å². The third kappa shape index (κ3) is 9.38. The molecule has 42 heavy (non-hydrogen) atoms. The van der Waals surface area contributed by atoms with Gasteiger partial charge >= 0.3 is 15.6 Å². The molecule has 0 aliphatic carbocycles. The van der Waals surface area contributed by atoms with E-state index in [1.807, 2.05) is 42.5 Å². The molecule has 1 unspecified atom stereocenters. The fourth-order valence-corrected chi connectivity index (χ4v) is 5.69. The summed E-state index contributed by atoms with van der Waals surface area (Å²) in [5.41, 5.74) is 5.51. The Labute approximate surface area is 245 Å². The van der Waals surface area contributed by atoms with Crippen molar-refractivity contribution in [2.24, 2.45) is 5.41 Å². The van der Waals surface area contributed by atoms with E-state index in [1.165, 1.54) is 5.56 Å². The average Bonchev–Trinajstić information content (AvgIpc) is 2.92. The lowest BCUT2D eigenvalue weighted by Crippen LogP contribution is -2.40. The second-order valence-electron chi connectivity index (χ2n) is 10.6. The van der Waals surface area contributed by atoms with Crippen molar-refractivity contribution in [3.8, 4) is 22.3 Å². The second kappa shape index (κ2) is 15.0. The minimum atomic E-state index is -5.05. The van der Waals surface area contributed by atoms with Crippen LogP contribution in [0.5, 0.6) is 0 Å². The number of aliphatic hydroxyl groups is 4. The standard InChI is InChI=1S/C29H36O4.H4O7P2/c1-19(2)22-9-5-7-11-24(22)21-13-14-26(28(33)29(16-30,17-31)18-32)27(15-21)25-12-8-6-10-23(25)20(3)4;1-8(2,3)7-9(4,5)6/h5-15,19-20,28,30-33H,16-18H2,1-4H3;(H2,1,2,3)(H2,4,5,6). The summed E-state index contributed by atoms with van der Waals surface area (Å²) in [5, 5.41) is 41.2. The summed E-state index contributed by atoms with van der Waals surface area (Å²) in [6.45, 7) is 6.99. The number of hydrogen-bond donors (Lipinski definition) is 8. The Morgan fingerprint density at radius 1 is 0.643 bits per heavy atom. The fourth-order valence-electron chi connectivity index (χ4n) is 4.58. The van der Waals surface area contributed by atoms with E-state index in [2.05, 4.69) is 56.3 Å². The van der Waals surface area contributed by atoms with Gasteiger partial charge in [-0.15, -0.1) is 0 Å². The third-order valence-electron chi connectivity index (χ3n) is 6.85. The summed E-state index contributed by atoms with van der Waals surface area (Å²) in [7, 11) is -10.1. The molecule has 0 spiro atoms. The highest BCUT2D eigenvalue weighted by atomic mass is 31.3. The molecule has 1 atom stereocenters. The van der Waals surface area contributed by atoms with Crippen LogP contribution < -0.4 is 0 Å². The zero-order valence-corrected chi connectivity index (χ0v) is 25.7. The third-order valence-corrected chi connectivity index (χ3v) is 8.55. The predicted octanol–water partition coefficient (Wildman–Crippen LogP) is 4.45. The molecule has 0 heterocycles. The molecule has 0 fully saturated rings. The number of benzene rings is 3. The molecule has 0 aliphatic heterocycles. The van der Waals surface area contributed by atoms with Crippen molar-refractivity contribution in [2.45, 2.75) is 45.6 Å². The van der Waals surface area contributed by atoms with Gasteiger partial charge in [0.15, 0.2) is 0 Å². The Morgan fingerprint density at radius 2 is 1.07 bits per heavy atom. The normalized spacial score (nSPS) is 13.2. The van der Waals surface area contributed by atoms with Crippen LogP contribution in [0.15, 0.2) is 66.7 Å². The van der Waals surface area contributed by atoms with E-state index < -0.39 is 47.0 Å². The maximum absolute atomic E-state index is 11.3. The van der Waals surface area contributed by atoms with Gasteiger partial charge in [0, 0.05) is 0 Å². The molecule has 3 aromatic carbocycles. The van der Waals surface area contributed by atoms with Crippen LogP contribution >= 0.6 is 15.6 Å². The second-order valence-corrected chi connectivity index (χ2v) is 13.2. The highest BCUT2D eigenvalue weighted by Gasteiger charge is 2.39. The van der Waals surface area contributed by atoms with Crippen LogP contribution in [-0.2, 0) is 13.4 Å². The lowest BCUT2D eigenvalue weighted by atomic mass is 9.77. The van der Waals surface area contributed by atoms with Crippen molar-refractivity contribution in [1.29, 1.82) is 0 Å². The number of hydrogen-bond acceptors (Lipinski definition) is 7. The van der Waals surface area contributed by atoms with E-state index in [1.54, 1.807) is 0 Å². The zero-order chi connectivity index (χ0) is 31.9. The molecule has 232 valence electrons. The monoisotopic (exact) mass is 626 g/mol. The first-order chi connectivity index (χ1) is 19.5. The SMILES string of the molecule is CC(C)c1ccccc1-c1ccc(C(O)C(CO)(CO)CO)c(-c2ccccc2C(C)C)c1.O=P(O)(O)OP(=O)(O)O. The van der Waals surface area contributed by atoms with Crippen LogP contribution in [0.4, 0.5) is 0 Å². The Hall–Kier alpha value is -2.24. The minimum Gasteiger partial charge on any atom is -0.395 e. The Kier molecular flexibility index (Phi) is 12.8. The van der Waals surface area contributed by atoms with Crippen LogP contribution in [0.1, 0.15) is 62.3 Å². The molecule has 11 nitrogen and oxygen atoms in total. The summed E-state index contributed by atoms with van der Waals surface area (Å²) >= 11 is 0. The van der Waals surface area contributed by atoms with Crippen LogP contribution in [0, 0.1) is 5.41 Å². The van der Waals surface area contributed by atoms with Crippen molar-refractivity contribution >= 4 is 15.6 Å². The predicted molar refractivity (Wildman–Crippen MR) is 159 cm³/mol. The van der Waals surface area contributed by atoms with E-state index in [4.69, 9.17) is 19.6 Å². The lowest BCUT2D eigenvalue weighted by Gasteiger charge is -2.34. The maximum atomic E-state index is 11.3. The van der Waals surface area contributed by atoms with E-state index in [0.29, 0.717) is 11.5 Å². The summed E-state index contributed by atoms with van der Waals surface area (Å²) in [6.07, 6.45) is -1.25. The van der Waals surface area contributed by atoms with Gasteiger partial charge in [-0.05, 0) is 56.8 Å². The Morgan fingerprint density at radius 3 is 1.48 bits per heavy atom. The van der Waals surface area contributed by atoms with E-state index in [9.17, 15) is 29.6 Å². The topological polar surface area (TPSA) is 205 Å². The molecule has 0 saturated carbocycles. The van der Waals surface area contributed by atoms with Crippen LogP contribution in [0.3, 0.4) is 0 Å². The van der Waals surface area contributed by atoms with Gasteiger partial charge in [0.2, 0.25) is 0 Å².